The van der Waals surface area contributed by atoms with Crippen LogP contribution in [-0.4, -0.2) is 16.2 Å². The molecule has 20 heavy (non-hydrogen) atoms. The van der Waals surface area contributed by atoms with Crippen molar-refractivity contribution < 1.29 is 4.84 Å². The average Bonchev–Trinajstić information content (AvgIpc) is 2.49. The van der Waals surface area contributed by atoms with Crippen LogP contribution >= 0.6 is 0 Å². The van der Waals surface area contributed by atoms with Crippen molar-refractivity contribution in [3.8, 4) is 5.88 Å². The van der Waals surface area contributed by atoms with Crippen LogP contribution in [0.1, 0.15) is 11.1 Å². The third kappa shape index (κ3) is 2.64. The molecule has 0 atom stereocenters. The lowest BCUT2D eigenvalue weighted by Crippen LogP contribution is -1.92. The van der Waals surface area contributed by atoms with Crippen molar-refractivity contribution in [2.45, 2.75) is 6.92 Å². The smallest absolute Gasteiger partial charge is 0.259 e. The highest BCUT2D eigenvalue weighted by Gasteiger charge is 2.03. The molecule has 2 aromatic carbocycles. The van der Waals surface area contributed by atoms with E-state index in [0.29, 0.717) is 5.88 Å². The molecule has 0 radical (unpaired) electrons. The molecule has 0 saturated heterocycles. The monoisotopic (exact) mass is 263 g/mol. The molecule has 3 rings (SSSR count). The molecule has 0 fully saturated rings. The Bertz CT molecular complexity index is 746. The molecule has 98 valence electrons. The van der Waals surface area contributed by atoms with Crippen molar-refractivity contribution in [2.75, 3.05) is 0 Å². The molecule has 0 unspecified atom stereocenters. The van der Waals surface area contributed by atoms with E-state index in [4.69, 9.17) is 4.84 Å². The Kier molecular flexibility index (Phi) is 3.37. The molecule has 0 amide bonds. The van der Waals surface area contributed by atoms with Crippen molar-refractivity contribution in [2.24, 2.45) is 5.16 Å². The van der Waals surface area contributed by atoms with Gasteiger partial charge in [0, 0.05) is 0 Å². The molecular formula is C16H13N3O. The van der Waals surface area contributed by atoms with E-state index in [2.05, 4.69) is 15.1 Å². The maximum atomic E-state index is 5.37. The van der Waals surface area contributed by atoms with E-state index in [1.807, 2.05) is 55.5 Å². The van der Waals surface area contributed by atoms with Gasteiger partial charge in [-0.25, -0.2) is 4.98 Å². The second kappa shape index (κ2) is 5.48. The van der Waals surface area contributed by atoms with Crippen LogP contribution in [0.5, 0.6) is 5.88 Å². The van der Waals surface area contributed by atoms with Gasteiger partial charge < -0.3 is 4.84 Å². The first-order chi connectivity index (χ1) is 9.83. The lowest BCUT2D eigenvalue weighted by atomic mass is 10.2. The first-order valence-corrected chi connectivity index (χ1v) is 6.30. The molecule has 0 bridgehead atoms. The average molecular weight is 263 g/mol. The van der Waals surface area contributed by atoms with E-state index in [1.165, 1.54) is 11.9 Å². The number of aryl methyl sites for hydroxylation is 1. The summed E-state index contributed by atoms with van der Waals surface area (Å²) in [5.74, 6) is 0.457. The van der Waals surface area contributed by atoms with Gasteiger partial charge >= 0.3 is 0 Å². The molecule has 0 N–H and O–H groups in total. The van der Waals surface area contributed by atoms with Crippen LogP contribution in [0.4, 0.5) is 0 Å². The van der Waals surface area contributed by atoms with E-state index < -0.39 is 0 Å². The Labute approximate surface area is 116 Å². The van der Waals surface area contributed by atoms with Crippen LogP contribution in [0, 0.1) is 6.92 Å². The van der Waals surface area contributed by atoms with Crippen LogP contribution in [0.15, 0.2) is 60.0 Å². The number of hydrogen-bond donors (Lipinski definition) is 0. The van der Waals surface area contributed by atoms with Gasteiger partial charge in [0.1, 0.15) is 6.33 Å². The summed E-state index contributed by atoms with van der Waals surface area (Å²) in [6.45, 7) is 2.05. The number of hydrogen-bond acceptors (Lipinski definition) is 4. The van der Waals surface area contributed by atoms with Gasteiger partial charge in [-0.15, -0.1) is 0 Å². The van der Waals surface area contributed by atoms with Gasteiger partial charge in [-0.1, -0.05) is 47.1 Å². The Hall–Kier alpha value is -2.75. The van der Waals surface area contributed by atoms with Gasteiger partial charge in [0.25, 0.3) is 5.88 Å². The molecule has 0 spiro atoms. The Morgan fingerprint density at radius 1 is 1.00 bits per heavy atom. The predicted molar refractivity (Wildman–Crippen MR) is 78.9 cm³/mol. The van der Waals surface area contributed by atoms with Crippen LogP contribution in [-0.2, 0) is 0 Å². The number of aromatic nitrogens is 2. The van der Waals surface area contributed by atoms with Gasteiger partial charge in [0.05, 0.1) is 17.1 Å². The number of nitrogens with zero attached hydrogens (tertiary/aromatic N) is 3. The number of oxime groups is 1. The topological polar surface area (TPSA) is 47.4 Å². The fraction of sp³-hybridized carbons (Fsp3) is 0.0625. The maximum Gasteiger partial charge on any atom is 0.259 e. The van der Waals surface area contributed by atoms with Crippen LogP contribution in [0.25, 0.3) is 10.9 Å². The normalized spacial score (nSPS) is 11.1. The fourth-order valence-electron chi connectivity index (χ4n) is 1.84. The summed E-state index contributed by atoms with van der Waals surface area (Å²) < 4.78 is 0. The first-order valence-electron chi connectivity index (χ1n) is 6.30. The van der Waals surface area contributed by atoms with Crippen molar-refractivity contribution in [1.82, 2.24) is 9.97 Å². The van der Waals surface area contributed by atoms with Crippen molar-refractivity contribution in [1.29, 1.82) is 0 Å². The lowest BCUT2D eigenvalue weighted by molar-refractivity contribution is 0.334. The lowest BCUT2D eigenvalue weighted by Gasteiger charge is -2.01. The van der Waals surface area contributed by atoms with Crippen LogP contribution in [0.2, 0.25) is 0 Å². The zero-order valence-corrected chi connectivity index (χ0v) is 11.0. The third-order valence-electron chi connectivity index (χ3n) is 2.92. The fourth-order valence-corrected chi connectivity index (χ4v) is 1.84. The standard InChI is InChI=1S/C16H13N3O/c1-12-6-8-13(9-7-12)10-19-20-16-14-4-2-3-5-15(14)17-11-18-16/h2-11H,1H3. The van der Waals surface area contributed by atoms with Crippen molar-refractivity contribution in [3.63, 3.8) is 0 Å². The summed E-state index contributed by atoms with van der Waals surface area (Å²) in [5, 5.41) is 4.82. The number of para-hydroxylation sites is 1. The summed E-state index contributed by atoms with van der Waals surface area (Å²) in [4.78, 5) is 13.7. The molecule has 1 aromatic heterocycles. The number of benzene rings is 2. The van der Waals surface area contributed by atoms with Gasteiger partial charge in [-0.05, 0) is 24.6 Å². The zero-order valence-electron chi connectivity index (χ0n) is 11.0. The summed E-state index contributed by atoms with van der Waals surface area (Å²) in [7, 11) is 0. The molecular weight excluding hydrogens is 250 g/mol. The van der Waals surface area contributed by atoms with Gasteiger partial charge in [0.15, 0.2) is 0 Å². The second-order valence-corrected chi connectivity index (χ2v) is 4.43. The van der Waals surface area contributed by atoms with Gasteiger partial charge in [-0.2, -0.15) is 4.98 Å². The van der Waals surface area contributed by atoms with E-state index in [9.17, 15) is 0 Å². The molecule has 0 aliphatic rings. The third-order valence-corrected chi connectivity index (χ3v) is 2.92. The summed E-state index contributed by atoms with van der Waals surface area (Å²) in [6, 6.07) is 15.7. The summed E-state index contributed by atoms with van der Waals surface area (Å²) in [6.07, 6.45) is 3.13. The molecule has 4 heteroatoms. The molecule has 0 aliphatic heterocycles. The van der Waals surface area contributed by atoms with E-state index >= 15 is 0 Å². The minimum atomic E-state index is 0.457. The minimum absolute atomic E-state index is 0.457. The van der Waals surface area contributed by atoms with Gasteiger partial charge in [-0.3, -0.25) is 0 Å². The number of rotatable bonds is 3. The Balaban J connectivity index is 1.81. The zero-order chi connectivity index (χ0) is 13.8. The Morgan fingerprint density at radius 2 is 1.80 bits per heavy atom. The molecule has 0 aliphatic carbocycles. The second-order valence-electron chi connectivity index (χ2n) is 4.43. The minimum Gasteiger partial charge on any atom is -0.336 e. The van der Waals surface area contributed by atoms with Crippen molar-refractivity contribution in [3.05, 3.63) is 66.0 Å². The first kappa shape index (κ1) is 12.3. The molecule has 0 saturated carbocycles. The highest BCUT2D eigenvalue weighted by molar-refractivity contribution is 5.83. The van der Waals surface area contributed by atoms with Crippen molar-refractivity contribution >= 4 is 17.1 Å². The van der Waals surface area contributed by atoms with Crippen LogP contribution < -0.4 is 4.84 Å². The molecule has 3 aromatic rings. The molecule has 4 nitrogen and oxygen atoms in total. The predicted octanol–water partition coefficient (Wildman–Crippen LogP) is 3.35. The van der Waals surface area contributed by atoms with E-state index in [0.717, 1.165) is 16.5 Å². The van der Waals surface area contributed by atoms with Crippen LogP contribution in [0.3, 0.4) is 0 Å². The summed E-state index contributed by atoms with van der Waals surface area (Å²) in [5.41, 5.74) is 3.03. The SMILES string of the molecule is Cc1ccc(C=NOc2ncnc3ccccc23)cc1. The molecule has 1 heterocycles. The highest BCUT2D eigenvalue weighted by Crippen LogP contribution is 2.20. The quantitative estimate of drug-likeness (QED) is 0.537. The van der Waals surface area contributed by atoms with E-state index in [-0.39, 0.29) is 0 Å². The highest BCUT2D eigenvalue weighted by atomic mass is 16.6. The maximum absolute atomic E-state index is 5.37. The largest absolute Gasteiger partial charge is 0.336 e. The summed E-state index contributed by atoms with van der Waals surface area (Å²) >= 11 is 0. The number of fused-ring (bicyclic) bond motifs is 1. The van der Waals surface area contributed by atoms with Gasteiger partial charge in [0.2, 0.25) is 0 Å². The Morgan fingerprint density at radius 3 is 2.65 bits per heavy atom. The van der Waals surface area contributed by atoms with E-state index in [1.54, 1.807) is 6.21 Å².